The molecule has 0 bridgehead atoms. The lowest BCUT2D eigenvalue weighted by Gasteiger charge is -2.12. The van der Waals surface area contributed by atoms with Crippen molar-refractivity contribution >= 4 is 12.2 Å². The Labute approximate surface area is 122 Å². The van der Waals surface area contributed by atoms with E-state index in [0.717, 1.165) is 16.7 Å². The number of pyridine rings is 1. The number of amides is 2. The number of benzene rings is 1. The first-order valence-corrected chi connectivity index (χ1v) is 6.33. The maximum absolute atomic E-state index is 10.6. The van der Waals surface area contributed by atoms with E-state index in [1.54, 1.807) is 12.3 Å². The van der Waals surface area contributed by atoms with Crippen LogP contribution >= 0.6 is 0 Å². The Hall–Kier alpha value is -2.89. The summed E-state index contributed by atoms with van der Waals surface area (Å²) in [4.78, 5) is 14.6. The minimum absolute atomic E-state index is 0.00456. The molecule has 0 saturated heterocycles. The second-order valence-electron chi connectivity index (χ2n) is 4.59. The van der Waals surface area contributed by atoms with Crippen LogP contribution in [0.15, 0.2) is 35.6 Å². The Kier molecular flexibility index (Phi) is 4.18. The minimum Gasteiger partial charge on any atom is -0.505 e. The Morgan fingerprint density at radius 3 is 2.62 bits per heavy atom. The van der Waals surface area contributed by atoms with Gasteiger partial charge in [0.25, 0.3) is 0 Å². The van der Waals surface area contributed by atoms with Gasteiger partial charge in [0.05, 0.1) is 6.21 Å². The number of nitrogens with zero attached hydrogens (tertiary/aromatic N) is 2. The molecular formula is C15H16N4O2. The van der Waals surface area contributed by atoms with Gasteiger partial charge >= 0.3 is 6.03 Å². The maximum atomic E-state index is 10.6. The van der Waals surface area contributed by atoms with Gasteiger partial charge < -0.3 is 10.8 Å². The zero-order chi connectivity index (χ0) is 15.4. The Morgan fingerprint density at radius 2 is 2.00 bits per heavy atom. The van der Waals surface area contributed by atoms with Crippen molar-refractivity contribution in [2.24, 2.45) is 10.8 Å². The van der Waals surface area contributed by atoms with E-state index in [9.17, 15) is 9.90 Å². The third kappa shape index (κ3) is 3.17. The summed E-state index contributed by atoms with van der Waals surface area (Å²) < 4.78 is 0. The summed E-state index contributed by atoms with van der Waals surface area (Å²) >= 11 is 0. The highest BCUT2D eigenvalue weighted by atomic mass is 16.3. The number of urea groups is 1. The van der Waals surface area contributed by atoms with Crippen molar-refractivity contribution < 1.29 is 9.90 Å². The average molecular weight is 284 g/mol. The van der Waals surface area contributed by atoms with Gasteiger partial charge in [0.1, 0.15) is 5.69 Å². The van der Waals surface area contributed by atoms with Gasteiger partial charge in [0, 0.05) is 11.8 Å². The van der Waals surface area contributed by atoms with Crippen LogP contribution in [0.4, 0.5) is 4.79 Å². The van der Waals surface area contributed by atoms with E-state index in [1.807, 2.05) is 32.0 Å². The van der Waals surface area contributed by atoms with E-state index in [4.69, 9.17) is 5.73 Å². The summed E-state index contributed by atoms with van der Waals surface area (Å²) in [7, 11) is 0. The van der Waals surface area contributed by atoms with Crippen LogP contribution in [0.3, 0.4) is 0 Å². The Balaban J connectivity index is 2.47. The number of hydrogen-bond donors (Lipinski definition) is 3. The summed E-state index contributed by atoms with van der Waals surface area (Å²) in [5.41, 5.74) is 10.9. The Bertz CT molecular complexity index is 691. The number of carbonyl (C=O) groups is 1. The number of aryl methyl sites for hydroxylation is 2. The van der Waals surface area contributed by atoms with Crippen molar-refractivity contribution in [1.29, 1.82) is 0 Å². The predicted octanol–water partition coefficient (Wildman–Crippen LogP) is 2.07. The van der Waals surface area contributed by atoms with Crippen LogP contribution in [0, 0.1) is 13.8 Å². The molecular weight excluding hydrogens is 268 g/mol. The second-order valence-corrected chi connectivity index (χ2v) is 4.59. The highest BCUT2D eigenvalue weighted by Gasteiger charge is 2.12. The summed E-state index contributed by atoms with van der Waals surface area (Å²) in [6.45, 7) is 3.95. The second kappa shape index (κ2) is 6.04. The first kappa shape index (κ1) is 14.5. The highest BCUT2D eigenvalue weighted by molar-refractivity contribution is 5.88. The number of hydrogen-bond acceptors (Lipinski definition) is 4. The van der Waals surface area contributed by atoms with Gasteiger partial charge in [0.15, 0.2) is 5.75 Å². The van der Waals surface area contributed by atoms with Crippen molar-refractivity contribution in [3.8, 4) is 16.9 Å². The third-order valence-corrected chi connectivity index (χ3v) is 3.06. The maximum Gasteiger partial charge on any atom is 0.332 e. The molecule has 0 unspecified atom stereocenters. The highest BCUT2D eigenvalue weighted by Crippen LogP contribution is 2.34. The zero-order valence-corrected chi connectivity index (χ0v) is 11.8. The van der Waals surface area contributed by atoms with E-state index in [0.29, 0.717) is 5.56 Å². The lowest BCUT2D eigenvalue weighted by molar-refractivity contribution is 0.249. The summed E-state index contributed by atoms with van der Waals surface area (Å²) in [6.07, 6.45) is 2.82. The minimum atomic E-state index is -0.781. The fourth-order valence-electron chi connectivity index (χ4n) is 2.16. The number of hydrazone groups is 1. The van der Waals surface area contributed by atoms with E-state index in [2.05, 4.69) is 15.5 Å². The summed E-state index contributed by atoms with van der Waals surface area (Å²) in [6, 6.07) is 6.88. The predicted molar refractivity (Wildman–Crippen MR) is 81.1 cm³/mol. The number of rotatable bonds is 3. The van der Waals surface area contributed by atoms with Gasteiger partial charge in [0.2, 0.25) is 0 Å². The van der Waals surface area contributed by atoms with Gasteiger partial charge in [-0.2, -0.15) is 5.10 Å². The van der Waals surface area contributed by atoms with Crippen molar-refractivity contribution in [3.05, 3.63) is 47.3 Å². The molecule has 0 aliphatic rings. The van der Waals surface area contributed by atoms with Crippen LogP contribution in [0.5, 0.6) is 5.75 Å². The summed E-state index contributed by atoms with van der Waals surface area (Å²) in [5, 5.41) is 14.0. The zero-order valence-electron chi connectivity index (χ0n) is 11.8. The quantitative estimate of drug-likeness (QED) is 0.594. The van der Waals surface area contributed by atoms with Crippen molar-refractivity contribution in [1.82, 2.24) is 10.4 Å². The van der Waals surface area contributed by atoms with Crippen molar-refractivity contribution in [2.75, 3.05) is 0 Å². The van der Waals surface area contributed by atoms with E-state index < -0.39 is 6.03 Å². The average Bonchev–Trinajstić information content (AvgIpc) is 2.41. The molecule has 6 heteroatoms. The number of carbonyl (C=O) groups excluding carboxylic acids is 1. The fraction of sp³-hybridized carbons (Fsp3) is 0.133. The van der Waals surface area contributed by atoms with Gasteiger partial charge in [-0.05, 0) is 36.6 Å². The molecule has 1 aromatic heterocycles. The largest absolute Gasteiger partial charge is 0.505 e. The normalized spacial score (nSPS) is 10.8. The van der Waals surface area contributed by atoms with Crippen LogP contribution in [0.1, 0.15) is 16.8 Å². The number of aromatic nitrogens is 1. The first-order chi connectivity index (χ1) is 10.0. The van der Waals surface area contributed by atoms with Gasteiger partial charge in [-0.15, -0.1) is 0 Å². The summed E-state index contributed by atoms with van der Waals surface area (Å²) in [5.74, 6) is 0.00456. The molecule has 0 radical (unpaired) electrons. The fourth-order valence-corrected chi connectivity index (χ4v) is 2.16. The number of nitrogens with two attached hydrogens (primary N) is 1. The molecule has 0 fully saturated rings. The van der Waals surface area contributed by atoms with Crippen molar-refractivity contribution in [3.63, 3.8) is 0 Å². The van der Waals surface area contributed by atoms with E-state index in [-0.39, 0.29) is 11.4 Å². The Morgan fingerprint density at radius 1 is 1.33 bits per heavy atom. The molecule has 1 heterocycles. The molecule has 0 aliphatic carbocycles. The molecule has 21 heavy (non-hydrogen) atoms. The first-order valence-electron chi connectivity index (χ1n) is 6.33. The van der Waals surface area contributed by atoms with Gasteiger partial charge in [-0.1, -0.05) is 18.2 Å². The molecule has 108 valence electrons. The molecule has 1 aromatic carbocycles. The molecule has 2 aromatic rings. The van der Waals surface area contributed by atoms with Crippen LogP contribution in [-0.2, 0) is 0 Å². The molecule has 0 spiro atoms. The number of aromatic hydroxyl groups is 1. The molecule has 0 atom stereocenters. The molecule has 4 N–H and O–H groups in total. The topological polar surface area (TPSA) is 101 Å². The lowest BCUT2D eigenvalue weighted by atomic mass is 9.95. The number of primary amides is 1. The number of nitrogens with one attached hydrogen (secondary N) is 1. The van der Waals surface area contributed by atoms with E-state index >= 15 is 0 Å². The van der Waals surface area contributed by atoms with Crippen molar-refractivity contribution in [2.45, 2.75) is 13.8 Å². The van der Waals surface area contributed by atoms with Crippen LogP contribution in [-0.4, -0.2) is 22.3 Å². The molecule has 0 saturated carbocycles. The van der Waals surface area contributed by atoms with Crippen LogP contribution < -0.4 is 11.2 Å². The molecule has 2 amide bonds. The third-order valence-electron chi connectivity index (χ3n) is 3.06. The molecule has 0 aliphatic heterocycles. The lowest BCUT2D eigenvalue weighted by Crippen LogP contribution is -2.24. The van der Waals surface area contributed by atoms with Gasteiger partial charge in [-0.25, -0.2) is 10.2 Å². The molecule has 6 nitrogen and oxygen atoms in total. The molecule has 2 rings (SSSR count). The smallest absolute Gasteiger partial charge is 0.332 e. The van der Waals surface area contributed by atoms with Crippen LogP contribution in [0.2, 0.25) is 0 Å². The van der Waals surface area contributed by atoms with E-state index in [1.165, 1.54) is 6.21 Å². The standard InChI is InChI=1S/C15H16N4O2/c1-9-4-3-5-10(2)13(9)11-6-7-17-12(14(11)20)8-18-19-15(16)21/h3-8,20H,1-2H3,(H3,16,19,21). The van der Waals surface area contributed by atoms with Gasteiger partial charge in [-0.3, -0.25) is 4.98 Å². The van der Waals surface area contributed by atoms with Crippen LogP contribution in [0.25, 0.3) is 11.1 Å². The SMILES string of the molecule is Cc1cccc(C)c1-c1ccnc(C=NNC(N)=O)c1O. The monoisotopic (exact) mass is 284 g/mol.